The number of unbranched alkanes of at least 4 members (excludes halogenated alkanes) is 1. The maximum absolute atomic E-state index is 10.8. The van der Waals surface area contributed by atoms with Gasteiger partial charge in [-0.05, 0) is 13.3 Å². The van der Waals surface area contributed by atoms with Gasteiger partial charge >= 0.3 is 6.16 Å². The summed E-state index contributed by atoms with van der Waals surface area (Å²) >= 11 is 0. The smallest absolute Gasteiger partial charge is 0.435 e. The van der Waals surface area contributed by atoms with Gasteiger partial charge in [-0.3, -0.25) is 0 Å². The Kier molecular flexibility index (Phi) is 12.6. The van der Waals surface area contributed by atoms with Crippen molar-refractivity contribution in [1.82, 2.24) is 0 Å². The predicted molar refractivity (Wildman–Crippen MR) is 64.1 cm³/mol. The summed E-state index contributed by atoms with van der Waals surface area (Å²) in [6.45, 7) is 7.11. The molecule has 0 aliphatic carbocycles. The second-order valence-electron chi connectivity index (χ2n) is 3.46. The van der Waals surface area contributed by atoms with Crippen molar-refractivity contribution in [2.75, 3.05) is 39.6 Å². The first-order valence-electron chi connectivity index (χ1n) is 6.26. The van der Waals surface area contributed by atoms with E-state index in [0.717, 1.165) is 19.4 Å². The van der Waals surface area contributed by atoms with E-state index in [-0.39, 0.29) is 0 Å². The molecule has 0 aromatic heterocycles. The Morgan fingerprint density at radius 1 is 0.824 bits per heavy atom. The summed E-state index contributed by atoms with van der Waals surface area (Å²) in [5.41, 5.74) is 0. The Morgan fingerprint density at radius 3 is 2.06 bits per heavy atom. The molecule has 0 spiro atoms. The summed E-state index contributed by atoms with van der Waals surface area (Å²) in [5.74, 6) is 0. The van der Waals surface area contributed by atoms with Crippen molar-refractivity contribution >= 4 is 6.16 Å². The Morgan fingerprint density at radius 2 is 1.47 bits per heavy atom. The lowest BCUT2D eigenvalue weighted by molar-refractivity contribution is 0.0296. The first-order chi connectivity index (χ1) is 8.31. The minimum Gasteiger partial charge on any atom is -0.435 e. The molecule has 102 valence electrons. The molecule has 0 unspecified atom stereocenters. The molecule has 5 heteroatoms. The first-order valence-corrected chi connectivity index (χ1v) is 6.26. The lowest BCUT2D eigenvalue weighted by Crippen LogP contribution is -2.11. The summed E-state index contributed by atoms with van der Waals surface area (Å²) in [6, 6.07) is 0. The highest BCUT2D eigenvalue weighted by Crippen LogP contribution is 1.91. The Balaban J connectivity index is 3.01. The standard InChI is InChI=1S/C12H24O5/c1-3-5-7-14-10-11-15-8-6-9-17-12(13)16-4-2/h3-11H2,1-2H3. The molecule has 17 heavy (non-hydrogen) atoms. The number of hydrogen-bond donors (Lipinski definition) is 0. The second kappa shape index (κ2) is 13.3. The quantitative estimate of drug-likeness (QED) is 0.415. The highest BCUT2D eigenvalue weighted by molar-refractivity contribution is 5.59. The van der Waals surface area contributed by atoms with Crippen molar-refractivity contribution < 1.29 is 23.7 Å². The van der Waals surface area contributed by atoms with Crippen LogP contribution in [0, 0.1) is 0 Å². The van der Waals surface area contributed by atoms with E-state index in [1.807, 2.05) is 0 Å². The fourth-order valence-electron chi connectivity index (χ4n) is 1.04. The van der Waals surface area contributed by atoms with E-state index >= 15 is 0 Å². The van der Waals surface area contributed by atoms with Crippen LogP contribution in [0.15, 0.2) is 0 Å². The lowest BCUT2D eigenvalue weighted by atomic mass is 10.4. The average molecular weight is 248 g/mol. The zero-order valence-electron chi connectivity index (χ0n) is 10.9. The average Bonchev–Trinajstić information content (AvgIpc) is 2.32. The van der Waals surface area contributed by atoms with Crippen molar-refractivity contribution in [3.63, 3.8) is 0 Å². The predicted octanol–water partition coefficient (Wildman–Crippen LogP) is 2.38. The molecule has 0 bridgehead atoms. The molecule has 0 aromatic carbocycles. The molecule has 0 heterocycles. The summed E-state index contributed by atoms with van der Waals surface area (Å²) in [4.78, 5) is 10.8. The molecule has 0 aromatic rings. The second-order valence-corrected chi connectivity index (χ2v) is 3.46. The van der Waals surface area contributed by atoms with Crippen LogP contribution in [-0.2, 0) is 18.9 Å². The summed E-state index contributed by atoms with van der Waals surface area (Å²) in [7, 11) is 0. The third-order valence-electron chi connectivity index (χ3n) is 1.93. The molecule has 0 aliphatic rings. The molecule has 0 saturated heterocycles. The fraction of sp³-hybridized carbons (Fsp3) is 0.917. The van der Waals surface area contributed by atoms with Gasteiger partial charge in [-0.15, -0.1) is 0 Å². The van der Waals surface area contributed by atoms with Crippen molar-refractivity contribution in [2.45, 2.75) is 33.1 Å². The number of carbonyl (C=O) groups excluding carboxylic acids is 1. The topological polar surface area (TPSA) is 54.0 Å². The molecule has 0 amide bonds. The Hall–Kier alpha value is -0.810. The third kappa shape index (κ3) is 13.1. The Bertz CT molecular complexity index is 172. The van der Waals surface area contributed by atoms with Crippen LogP contribution in [0.1, 0.15) is 33.1 Å². The van der Waals surface area contributed by atoms with Crippen molar-refractivity contribution in [2.24, 2.45) is 0 Å². The van der Waals surface area contributed by atoms with Crippen molar-refractivity contribution in [1.29, 1.82) is 0 Å². The molecule has 0 rings (SSSR count). The van der Waals surface area contributed by atoms with Gasteiger partial charge < -0.3 is 18.9 Å². The lowest BCUT2D eigenvalue weighted by Gasteiger charge is -2.06. The SMILES string of the molecule is CCCCOCCOCCCOC(=O)OCC. The van der Waals surface area contributed by atoms with Crippen molar-refractivity contribution in [3.8, 4) is 0 Å². The monoisotopic (exact) mass is 248 g/mol. The molecule has 0 fully saturated rings. The minimum atomic E-state index is -0.615. The van der Waals surface area contributed by atoms with Gasteiger partial charge in [0.15, 0.2) is 0 Å². The van der Waals surface area contributed by atoms with Crippen molar-refractivity contribution in [3.05, 3.63) is 0 Å². The molecule has 0 radical (unpaired) electrons. The zero-order chi connectivity index (χ0) is 12.8. The molecule has 0 aliphatic heterocycles. The van der Waals surface area contributed by atoms with E-state index in [0.29, 0.717) is 39.5 Å². The van der Waals surface area contributed by atoms with E-state index in [1.165, 1.54) is 0 Å². The van der Waals surface area contributed by atoms with Gasteiger partial charge in [-0.25, -0.2) is 4.79 Å². The van der Waals surface area contributed by atoms with Crippen LogP contribution in [0.2, 0.25) is 0 Å². The molecule has 0 atom stereocenters. The van der Waals surface area contributed by atoms with Crippen LogP contribution < -0.4 is 0 Å². The highest BCUT2D eigenvalue weighted by Gasteiger charge is 2.00. The van der Waals surface area contributed by atoms with E-state index in [4.69, 9.17) is 14.2 Å². The minimum absolute atomic E-state index is 0.329. The van der Waals surface area contributed by atoms with Gasteiger partial charge in [0.25, 0.3) is 0 Å². The molecule has 0 N–H and O–H groups in total. The van der Waals surface area contributed by atoms with Crippen LogP contribution in [0.4, 0.5) is 4.79 Å². The van der Waals surface area contributed by atoms with Crippen LogP contribution in [-0.4, -0.2) is 45.8 Å². The number of carbonyl (C=O) groups is 1. The van der Waals surface area contributed by atoms with Gasteiger partial charge in [0.2, 0.25) is 0 Å². The molecule has 5 nitrogen and oxygen atoms in total. The summed E-state index contributed by atoms with van der Waals surface area (Å²) in [6.07, 6.45) is 2.29. The fourth-order valence-corrected chi connectivity index (χ4v) is 1.04. The highest BCUT2D eigenvalue weighted by atomic mass is 16.7. The molecular formula is C12H24O5. The zero-order valence-corrected chi connectivity index (χ0v) is 10.9. The van der Waals surface area contributed by atoms with Crippen LogP contribution in [0.5, 0.6) is 0 Å². The largest absolute Gasteiger partial charge is 0.508 e. The first kappa shape index (κ1) is 16.2. The summed E-state index contributed by atoms with van der Waals surface area (Å²) < 4.78 is 20.0. The molecular weight excluding hydrogens is 224 g/mol. The third-order valence-corrected chi connectivity index (χ3v) is 1.93. The van der Waals surface area contributed by atoms with E-state index in [1.54, 1.807) is 6.92 Å². The number of ether oxygens (including phenoxy) is 4. The number of hydrogen-bond acceptors (Lipinski definition) is 5. The van der Waals surface area contributed by atoms with E-state index in [2.05, 4.69) is 11.7 Å². The molecule has 0 saturated carbocycles. The van der Waals surface area contributed by atoms with Crippen LogP contribution in [0.3, 0.4) is 0 Å². The van der Waals surface area contributed by atoms with Gasteiger partial charge in [0.05, 0.1) is 26.4 Å². The Labute approximate surface area is 103 Å². The maximum atomic E-state index is 10.8. The van der Waals surface area contributed by atoms with Gasteiger partial charge in [0.1, 0.15) is 0 Å². The van der Waals surface area contributed by atoms with Gasteiger partial charge in [-0.1, -0.05) is 13.3 Å². The maximum Gasteiger partial charge on any atom is 0.508 e. The summed E-state index contributed by atoms with van der Waals surface area (Å²) in [5, 5.41) is 0. The van der Waals surface area contributed by atoms with Gasteiger partial charge in [-0.2, -0.15) is 0 Å². The van der Waals surface area contributed by atoms with Crippen LogP contribution in [0.25, 0.3) is 0 Å². The van der Waals surface area contributed by atoms with Gasteiger partial charge in [0, 0.05) is 19.6 Å². The van der Waals surface area contributed by atoms with E-state index in [9.17, 15) is 4.79 Å². The van der Waals surface area contributed by atoms with E-state index < -0.39 is 6.16 Å². The number of rotatable bonds is 11. The van der Waals surface area contributed by atoms with Crippen LogP contribution >= 0.6 is 0 Å². The normalized spacial score (nSPS) is 10.2.